The quantitative estimate of drug-likeness (QED) is 0.846. The summed E-state index contributed by atoms with van der Waals surface area (Å²) < 4.78 is 7.59. The molecule has 0 bridgehead atoms. The number of likely N-dealkylation sites (tertiary alicyclic amines) is 1. The maximum atomic E-state index is 12.5. The fourth-order valence-electron chi connectivity index (χ4n) is 3.98. The second-order valence-electron chi connectivity index (χ2n) is 7.26. The fourth-order valence-corrected chi connectivity index (χ4v) is 3.98. The van der Waals surface area contributed by atoms with Crippen molar-refractivity contribution >= 4 is 5.91 Å². The first kappa shape index (κ1) is 17.2. The summed E-state index contributed by atoms with van der Waals surface area (Å²) in [5.74, 6) is 2.39. The van der Waals surface area contributed by atoms with Gasteiger partial charge in [0.15, 0.2) is 0 Å². The van der Waals surface area contributed by atoms with Gasteiger partial charge in [0, 0.05) is 25.6 Å². The lowest BCUT2D eigenvalue weighted by molar-refractivity contribution is -0.142. The summed E-state index contributed by atoms with van der Waals surface area (Å²) in [6.45, 7) is 4.96. The van der Waals surface area contributed by atoms with E-state index < -0.39 is 0 Å². The van der Waals surface area contributed by atoms with Crippen LogP contribution in [0.5, 0.6) is 0 Å². The monoisotopic (exact) mass is 354 g/mol. The average Bonchev–Trinajstić information content (AvgIpc) is 3.32. The molecule has 1 aromatic carbocycles. The Morgan fingerprint density at radius 1 is 1.19 bits per heavy atom. The van der Waals surface area contributed by atoms with Crippen LogP contribution in [0.2, 0.25) is 0 Å². The third-order valence-corrected chi connectivity index (χ3v) is 5.36. The minimum Gasteiger partial charge on any atom is -0.368 e. The molecular weight excluding hydrogens is 328 g/mol. The van der Waals surface area contributed by atoms with Crippen LogP contribution >= 0.6 is 0 Å². The number of ether oxygens (including phenoxy) is 1. The lowest BCUT2D eigenvalue weighted by atomic mass is 9.95. The summed E-state index contributed by atoms with van der Waals surface area (Å²) in [6.07, 6.45) is 3.52. The molecule has 1 amide bonds. The highest BCUT2D eigenvalue weighted by Gasteiger charge is 2.32. The highest BCUT2D eigenvalue weighted by atomic mass is 16.5. The van der Waals surface area contributed by atoms with Crippen molar-refractivity contribution in [1.82, 2.24) is 19.7 Å². The molecular formula is C20H26N4O2. The zero-order valence-corrected chi connectivity index (χ0v) is 15.3. The summed E-state index contributed by atoms with van der Waals surface area (Å²) in [4.78, 5) is 19.2. The number of carbonyl (C=O) groups excluding carboxylic acids is 1. The molecule has 0 saturated carbocycles. The molecule has 2 fully saturated rings. The van der Waals surface area contributed by atoms with E-state index in [2.05, 4.69) is 17.2 Å². The Balaban J connectivity index is 1.42. The van der Waals surface area contributed by atoms with Gasteiger partial charge in [-0.15, -0.1) is 0 Å². The number of rotatable bonds is 4. The third-order valence-electron chi connectivity index (χ3n) is 5.36. The van der Waals surface area contributed by atoms with E-state index in [0.717, 1.165) is 63.6 Å². The van der Waals surface area contributed by atoms with Gasteiger partial charge in [0.2, 0.25) is 0 Å². The van der Waals surface area contributed by atoms with Crippen LogP contribution in [0.4, 0.5) is 0 Å². The van der Waals surface area contributed by atoms with Gasteiger partial charge in [0.1, 0.15) is 17.8 Å². The predicted octanol–water partition coefficient (Wildman–Crippen LogP) is 2.52. The van der Waals surface area contributed by atoms with Crippen molar-refractivity contribution in [2.45, 2.75) is 51.2 Å². The van der Waals surface area contributed by atoms with Crippen LogP contribution in [0, 0.1) is 6.92 Å². The van der Waals surface area contributed by atoms with Gasteiger partial charge in [-0.2, -0.15) is 5.10 Å². The molecule has 0 radical (unpaired) electrons. The largest absolute Gasteiger partial charge is 0.368 e. The number of piperidine rings is 1. The lowest BCUT2D eigenvalue weighted by Gasteiger charge is -2.33. The van der Waals surface area contributed by atoms with Crippen molar-refractivity contribution < 1.29 is 9.53 Å². The molecule has 2 aromatic rings. The van der Waals surface area contributed by atoms with Gasteiger partial charge < -0.3 is 9.64 Å². The van der Waals surface area contributed by atoms with Gasteiger partial charge in [-0.05, 0) is 38.2 Å². The predicted molar refractivity (Wildman–Crippen MR) is 97.8 cm³/mol. The second kappa shape index (κ2) is 7.58. The number of hydrogen-bond acceptors (Lipinski definition) is 4. The SMILES string of the molecule is Cc1nc(C2CCN(C(=O)C3CCCO3)CC2)n(Cc2ccccc2)n1. The third kappa shape index (κ3) is 3.65. The Morgan fingerprint density at radius 3 is 2.65 bits per heavy atom. The van der Waals surface area contributed by atoms with E-state index in [4.69, 9.17) is 9.72 Å². The van der Waals surface area contributed by atoms with Crippen molar-refractivity contribution in [2.24, 2.45) is 0 Å². The van der Waals surface area contributed by atoms with Gasteiger partial charge in [0.05, 0.1) is 6.54 Å². The van der Waals surface area contributed by atoms with E-state index in [1.165, 1.54) is 5.56 Å². The average molecular weight is 354 g/mol. The highest BCUT2D eigenvalue weighted by molar-refractivity contribution is 5.81. The van der Waals surface area contributed by atoms with Gasteiger partial charge in [-0.1, -0.05) is 30.3 Å². The van der Waals surface area contributed by atoms with E-state index in [-0.39, 0.29) is 12.0 Å². The van der Waals surface area contributed by atoms with Crippen molar-refractivity contribution in [3.8, 4) is 0 Å². The molecule has 4 rings (SSSR count). The van der Waals surface area contributed by atoms with Crippen LogP contribution in [0.1, 0.15) is 48.8 Å². The molecule has 3 heterocycles. The summed E-state index contributed by atoms with van der Waals surface area (Å²) in [6, 6.07) is 10.4. The van der Waals surface area contributed by atoms with Crippen LogP contribution in [0.25, 0.3) is 0 Å². The maximum absolute atomic E-state index is 12.5. The van der Waals surface area contributed by atoms with E-state index >= 15 is 0 Å². The number of amides is 1. The molecule has 2 aliphatic heterocycles. The molecule has 1 atom stereocenters. The molecule has 0 N–H and O–H groups in total. The van der Waals surface area contributed by atoms with Crippen molar-refractivity contribution in [3.63, 3.8) is 0 Å². The Kier molecular flexibility index (Phi) is 5.02. The minimum absolute atomic E-state index is 0.169. The zero-order chi connectivity index (χ0) is 17.9. The van der Waals surface area contributed by atoms with Crippen molar-refractivity contribution in [3.05, 3.63) is 47.5 Å². The van der Waals surface area contributed by atoms with Gasteiger partial charge in [-0.25, -0.2) is 9.67 Å². The molecule has 1 unspecified atom stereocenters. The highest BCUT2D eigenvalue weighted by Crippen LogP contribution is 2.28. The van der Waals surface area contributed by atoms with Crippen LogP contribution in [0.15, 0.2) is 30.3 Å². The molecule has 138 valence electrons. The summed E-state index contributed by atoms with van der Waals surface area (Å²) in [5.41, 5.74) is 1.23. The molecule has 6 nitrogen and oxygen atoms in total. The van der Waals surface area contributed by atoms with Crippen molar-refractivity contribution in [1.29, 1.82) is 0 Å². The van der Waals surface area contributed by atoms with E-state index in [1.54, 1.807) is 0 Å². The summed E-state index contributed by atoms with van der Waals surface area (Å²) in [5, 5.41) is 4.60. The topological polar surface area (TPSA) is 60.3 Å². The van der Waals surface area contributed by atoms with Crippen molar-refractivity contribution in [2.75, 3.05) is 19.7 Å². The number of aryl methyl sites for hydroxylation is 1. The normalized spacial score (nSPS) is 21.3. The first-order valence-corrected chi connectivity index (χ1v) is 9.56. The first-order chi connectivity index (χ1) is 12.7. The standard InChI is InChI=1S/C20H26N4O2/c1-15-21-19(24(22-15)14-16-6-3-2-4-7-16)17-9-11-23(12-10-17)20(25)18-8-5-13-26-18/h2-4,6-7,17-18H,5,8-14H2,1H3. The van der Waals surface area contributed by atoms with Crippen LogP contribution in [0.3, 0.4) is 0 Å². The lowest BCUT2D eigenvalue weighted by Crippen LogP contribution is -2.43. The van der Waals surface area contributed by atoms with Gasteiger partial charge in [-0.3, -0.25) is 4.79 Å². The zero-order valence-electron chi connectivity index (χ0n) is 15.3. The Labute approximate surface area is 154 Å². The Bertz CT molecular complexity index is 744. The van der Waals surface area contributed by atoms with E-state index in [1.807, 2.05) is 34.7 Å². The van der Waals surface area contributed by atoms with Crippen LogP contribution in [-0.2, 0) is 16.1 Å². The molecule has 2 saturated heterocycles. The van der Waals surface area contributed by atoms with E-state index in [9.17, 15) is 4.79 Å². The molecule has 1 aromatic heterocycles. The second-order valence-corrected chi connectivity index (χ2v) is 7.26. The van der Waals surface area contributed by atoms with Crippen LogP contribution < -0.4 is 0 Å². The molecule has 26 heavy (non-hydrogen) atoms. The number of benzene rings is 1. The number of hydrogen-bond donors (Lipinski definition) is 0. The smallest absolute Gasteiger partial charge is 0.251 e. The van der Waals surface area contributed by atoms with E-state index in [0.29, 0.717) is 5.92 Å². The molecule has 0 aliphatic carbocycles. The summed E-state index contributed by atoms with van der Waals surface area (Å²) in [7, 11) is 0. The Hall–Kier alpha value is -2.21. The molecule has 0 spiro atoms. The van der Waals surface area contributed by atoms with Gasteiger partial charge >= 0.3 is 0 Å². The fraction of sp³-hybridized carbons (Fsp3) is 0.550. The number of nitrogens with zero attached hydrogens (tertiary/aromatic N) is 4. The Morgan fingerprint density at radius 2 is 1.96 bits per heavy atom. The minimum atomic E-state index is -0.212. The maximum Gasteiger partial charge on any atom is 0.251 e. The first-order valence-electron chi connectivity index (χ1n) is 9.56. The number of carbonyl (C=O) groups is 1. The molecule has 2 aliphatic rings. The van der Waals surface area contributed by atoms with Gasteiger partial charge in [0.25, 0.3) is 5.91 Å². The van der Waals surface area contributed by atoms with Crippen LogP contribution in [-0.4, -0.2) is 51.4 Å². The summed E-state index contributed by atoms with van der Waals surface area (Å²) >= 11 is 0. The number of aromatic nitrogens is 3. The molecule has 6 heteroatoms.